The summed E-state index contributed by atoms with van der Waals surface area (Å²) in [5, 5.41) is 3.29. The van der Waals surface area contributed by atoms with E-state index in [0.29, 0.717) is 6.61 Å². The van der Waals surface area contributed by atoms with Crippen LogP contribution in [0.5, 0.6) is 5.75 Å². The number of ether oxygens (including phenoxy) is 1. The second kappa shape index (κ2) is 6.02. The van der Waals surface area contributed by atoms with Crippen molar-refractivity contribution in [1.82, 2.24) is 0 Å². The maximum Gasteiger partial charge on any atom is 0.122 e. The number of anilines is 1. The van der Waals surface area contributed by atoms with Crippen LogP contribution in [0.25, 0.3) is 0 Å². The zero-order chi connectivity index (χ0) is 14.8. The molecule has 1 fully saturated rings. The number of aryl methyl sites for hydroxylation is 1. The zero-order valence-corrected chi connectivity index (χ0v) is 13.4. The summed E-state index contributed by atoms with van der Waals surface area (Å²) in [5.74, 6) is 1.65. The van der Waals surface area contributed by atoms with Gasteiger partial charge in [-0.15, -0.1) is 12.6 Å². The molecule has 1 aliphatic rings. The van der Waals surface area contributed by atoms with E-state index in [0.717, 1.165) is 22.1 Å². The molecular weight excluding hydrogens is 278 g/mol. The molecule has 0 unspecified atom stereocenters. The van der Waals surface area contributed by atoms with Crippen LogP contribution in [0.15, 0.2) is 41.3 Å². The van der Waals surface area contributed by atoms with Gasteiger partial charge in [0.15, 0.2) is 0 Å². The van der Waals surface area contributed by atoms with Crippen LogP contribution in [-0.4, -0.2) is 7.05 Å². The molecule has 0 spiro atoms. The minimum Gasteiger partial charge on any atom is -0.489 e. The summed E-state index contributed by atoms with van der Waals surface area (Å²) >= 11 is 4.36. The maximum absolute atomic E-state index is 6.06. The highest BCUT2D eigenvalue weighted by atomic mass is 32.1. The Balaban J connectivity index is 1.84. The largest absolute Gasteiger partial charge is 0.489 e. The maximum atomic E-state index is 6.06. The molecule has 1 saturated carbocycles. The van der Waals surface area contributed by atoms with Gasteiger partial charge in [0.05, 0.1) is 0 Å². The topological polar surface area (TPSA) is 21.3 Å². The van der Waals surface area contributed by atoms with Gasteiger partial charge in [-0.1, -0.05) is 12.1 Å². The second-order valence-electron chi connectivity index (χ2n) is 5.64. The van der Waals surface area contributed by atoms with Crippen LogP contribution >= 0.6 is 12.6 Å². The first-order valence-corrected chi connectivity index (χ1v) is 7.85. The molecule has 0 aliphatic heterocycles. The average Bonchev–Trinajstić information content (AvgIpc) is 3.30. The molecule has 1 N–H and O–H groups in total. The number of thiol groups is 1. The van der Waals surface area contributed by atoms with Gasteiger partial charge in [0, 0.05) is 23.2 Å². The predicted octanol–water partition coefficient (Wildman–Crippen LogP) is 4.78. The highest BCUT2D eigenvalue weighted by Crippen LogP contribution is 2.43. The molecule has 110 valence electrons. The van der Waals surface area contributed by atoms with Crippen molar-refractivity contribution < 1.29 is 4.74 Å². The van der Waals surface area contributed by atoms with E-state index < -0.39 is 0 Å². The summed E-state index contributed by atoms with van der Waals surface area (Å²) in [6.07, 6.45) is 2.60. The van der Waals surface area contributed by atoms with Gasteiger partial charge < -0.3 is 10.1 Å². The summed E-state index contributed by atoms with van der Waals surface area (Å²) in [5.41, 5.74) is 5.02. The van der Waals surface area contributed by atoms with Crippen molar-refractivity contribution in [2.24, 2.45) is 0 Å². The van der Waals surface area contributed by atoms with Gasteiger partial charge >= 0.3 is 0 Å². The van der Waals surface area contributed by atoms with Gasteiger partial charge in [-0.2, -0.15) is 0 Å². The Hall–Kier alpha value is -1.61. The highest BCUT2D eigenvalue weighted by molar-refractivity contribution is 7.80. The van der Waals surface area contributed by atoms with Gasteiger partial charge in [-0.25, -0.2) is 0 Å². The lowest BCUT2D eigenvalue weighted by Gasteiger charge is -2.16. The highest BCUT2D eigenvalue weighted by Gasteiger charge is 2.27. The molecule has 0 bridgehead atoms. The Labute approximate surface area is 131 Å². The number of benzene rings is 2. The normalized spacial score (nSPS) is 14.0. The zero-order valence-electron chi connectivity index (χ0n) is 12.5. The van der Waals surface area contributed by atoms with Crippen molar-refractivity contribution in [2.45, 2.75) is 37.2 Å². The molecule has 1 aliphatic carbocycles. The summed E-state index contributed by atoms with van der Waals surface area (Å²) < 4.78 is 6.06. The molecule has 0 atom stereocenters. The Kier molecular flexibility index (Phi) is 4.11. The average molecular weight is 299 g/mol. The van der Waals surface area contributed by atoms with Crippen LogP contribution in [0.4, 0.5) is 5.69 Å². The molecule has 3 heteroatoms. The van der Waals surface area contributed by atoms with Gasteiger partial charge in [0.1, 0.15) is 12.4 Å². The lowest BCUT2D eigenvalue weighted by atomic mass is 10.0. The molecule has 0 amide bonds. The molecule has 21 heavy (non-hydrogen) atoms. The van der Waals surface area contributed by atoms with Crippen molar-refractivity contribution in [3.8, 4) is 5.75 Å². The third-order valence-corrected chi connectivity index (χ3v) is 4.31. The lowest BCUT2D eigenvalue weighted by Crippen LogP contribution is -2.05. The molecule has 0 aromatic heterocycles. The van der Waals surface area contributed by atoms with E-state index in [1.807, 2.05) is 25.2 Å². The van der Waals surface area contributed by atoms with Crippen molar-refractivity contribution in [2.75, 3.05) is 12.4 Å². The summed E-state index contributed by atoms with van der Waals surface area (Å²) in [6, 6.07) is 12.5. The Morgan fingerprint density at radius 3 is 2.71 bits per heavy atom. The Bertz CT molecular complexity index is 650. The van der Waals surface area contributed by atoms with Gasteiger partial charge in [0.2, 0.25) is 0 Å². The van der Waals surface area contributed by atoms with E-state index in [1.54, 1.807) is 0 Å². The molecule has 0 radical (unpaired) electrons. The van der Waals surface area contributed by atoms with Crippen LogP contribution in [0, 0.1) is 6.92 Å². The van der Waals surface area contributed by atoms with Crippen LogP contribution in [0.2, 0.25) is 0 Å². The minimum atomic E-state index is 0.607. The van der Waals surface area contributed by atoms with E-state index in [1.165, 1.54) is 29.7 Å². The number of hydrogen-bond acceptors (Lipinski definition) is 3. The fourth-order valence-electron chi connectivity index (χ4n) is 2.72. The fraction of sp³-hybridized carbons (Fsp3) is 0.333. The van der Waals surface area contributed by atoms with Crippen molar-refractivity contribution in [3.05, 3.63) is 53.1 Å². The molecular formula is C18H21NOS. The quantitative estimate of drug-likeness (QED) is 0.775. The summed E-state index contributed by atoms with van der Waals surface area (Å²) in [6.45, 7) is 2.66. The van der Waals surface area contributed by atoms with Gasteiger partial charge in [0.25, 0.3) is 0 Å². The first-order chi connectivity index (χ1) is 10.2. The number of rotatable bonds is 5. The van der Waals surface area contributed by atoms with E-state index >= 15 is 0 Å². The first-order valence-electron chi connectivity index (χ1n) is 7.41. The summed E-state index contributed by atoms with van der Waals surface area (Å²) in [7, 11) is 1.97. The smallest absolute Gasteiger partial charge is 0.122 e. The van der Waals surface area contributed by atoms with Crippen molar-refractivity contribution in [3.63, 3.8) is 0 Å². The summed E-state index contributed by atoms with van der Waals surface area (Å²) in [4.78, 5) is 0.967. The molecule has 2 aromatic carbocycles. The van der Waals surface area contributed by atoms with E-state index in [9.17, 15) is 0 Å². The third kappa shape index (κ3) is 3.18. The number of nitrogens with one attached hydrogen (secondary N) is 1. The molecule has 0 heterocycles. The van der Waals surface area contributed by atoms with Crippen LogP contribution in [0.1, 0.15) is 35.4 Å². The van der Waals surface area contributed by atoms with Crippen LogP contribution in [0.3, 0.4) is 0 Å². The lowest BCUT2D eigenvalue weighted by molar-refractivity contribution is 0.303. The standard InChI is InChI=1S/C18H21NOS/c1-12-10-14(21)8-9-18(12)20-11-16-15(13-6-7-13)4-3-5-17(16)19-2/h3-5,8-10,13,19,21H,6-7,11H2,1-2H3. The van der Waals surface area contributed by atoms with Crippen molar-refractivity contribution >= 4 is 18.3 Å². The predicted molar refractivity (Wildman–Crippen MR) is 90.7 cm³/mol. The van der Waals surface area contributed by atoms with Crippen molar-refractivity contribution in [1.29, 1.82) is 0 Å². The molecule has 2 nitrogen and oxygen atoms in total. The second-order valence-corrected chi connectivity index (χ2v) is 6.15. The van der Waals surface area contributed by atoms with E-state index in [2.05, 4.69) is 43.1 Å². The fourth-order valence-corrected chi connectivity index (χ4v) is 2.99. The SMILES string of the molecule is CNc1cccc(C2CC2)c1COc1ccc(S)cc1C. The first kappa shape index (κ1) is 14.3. The van der Waals surface area contributed by atoms with E-state index in [4.69, 9.17) is 4.74 Å². The van der Waals surface area contributed by atoms with Gasteiger partial charge in [-0.05, 0) is 61.1 Å². The monoisotopic (exact) mass is 299 g/mol. The van der Waals surface area contributed by atoms with Gasteiger partial charge in [-0.3, -0.25) is 0 Å². The molecule has 3 rings (SSSR count). The minimum absolute atomic E-state index is 0.607. The Morgan fingerprint density at radius 2 is 2.05 bits per heavy atom. The Morgan fingerprint density at radius 1 is 1.24 bits per heavy atom. The van der Waals surface area contributed by atoms with Crippen LogP contribution < -0.4 is 10.1 Å². The molecule has 0 saturated heterocycles. The van der Waals surface area contributed by atoms with Crippen LogP contribution in [-0.2, 0) is 6.61 Å². The third-order valence-electron chi connectivity index (χ3n) is 4.03. The van der Waals surface area contributed by atoms with E-state index in [-0.39, 0.29) is 0 Å². The molecule has 2 aromatic rings. The number of hydrogen-bond donors (Lipinski definition) is 2.